The minimum atomic E-state index is -0.994. The van der Waals surface area contributed by atoms with E-state index in [0.717, 1.165) is 5.56 Å². The summed E-state index contributed by atoms with van der Waals surface area (Å²) < 4.78 is 15.9. The van der Waals surface area contributed by atoms with Gasteiger partial charge in [0, 0.05) is 20.3 Å². The quantitative estimate of drug-likeness (QED) is 0.814. The Morgan fingerprint density at radius 2 is 1.95 bits per heavy atom. The van der Waals surface area contributed by atoms with E-state index in [1.54, 1.807) is 13.8 Å². The Labute approximate surface area is 124 Å². The first-order chi connectivity index (χ1) is 9.94. The van der Waals surface area contributed by atoms with Crippen molar-refractivity contribution >= 4 is 5.97 Å². The summed E-state index contributed by atoms with van der Waals surface area (Å²) in [6, 6.07) is 9.72. The van der Waals surface area contributed by atoms with Crippen molar-refractivity contribution in [2.24, 2.45) is 0 Å². The van der Waals surface area contributed by atoms with E-state index < -0.39 is 17.9 Å². The van der Waals surface area contributed by atoms with E-state index in [0.29, 0.717) is 12.4 Å². The summed E-state index contributed by atoms with van der Waals surface area (Å²) in [6.45, 7) is 3.91. The molecule has 1 aliphatic rings. The molecule has 0 saturated carbocycles. The molecule has 1 N–H and O–H groups in total. The van der Waals surface area contributed by atoms with Gasteiger partial charge in [0.25, 0.3) is 0 Å². The SMILES string of the molecule is CC1(C)OC(=O)C=C(C[C@@H](O)COCc2ccccc2)O1. The number of carbonyl (C=O) groups excluding carboxylic acids is 1. The molecule has 114 valence electrons. The van der Waals surface area contributed by atoms with Crippen LogP contribution in [-0.4, -0.2) is 29.6 Å². The Balaban J connectivity index is 1.77. The normalized spacial score (nSPS) is 18.4. The van der Waals surface area contributed by atoms with Crippen molar-refractivity contribution in [1.29, 1.82) is 0 Å². The summed E-state index contributed by atoms with van der Waals surface area (Å²) in [7, 11) is 0. The van der Waals surface area contributed by atoms with Gasteiger partial charge in [-0.25, -0.2) is 4.79 Å². The van der Waals surface area contributed by atoms with Gasteiger partial charge in [0.15, 0.2) is 0 Å². The lowest BCUT2D eigenvalue weighted by molar-refractivity contribution is -0.207. The lowest BCUT2D eigenvalue weighted by atomic mass is 10.2. The molecule has 0 radical (unpaired) electrons. The van der Waals surface area contributed by atoms with Crippen LogP contribution < -0.4 is 0 Å². The Morgan fingerprint density at radius 3 is 2.62 bits per heavy atom. The van der Waals surface area contributed by atoms with Crippen molar-refractivity contribution in [1.82, 2.24) is 0 Å². The molecule has 2 rings (SSSR count). The molecule has 5 nitrogen and oxygen atoms in total. The standard InChI is InChI=1S/C16H20O5/c1-16(2)20-14(9-15(18)21-16)8-13(17)11-19-10-12-6-4-3-5-7-12/h3-7,9,13,17H,8,10-11H2,1-2H3/t13-/m1/s1. The predicted molar refractivity (Wildman–Crippen MR) is 76.1 cm³/mol. The van der Waals surface area contributed by atoms with E-state index in [2.05, 4.69) is 0 Å². The van der Waals surface area contributed by atoms with Crippen molar-refractivity contribution in [2.45, 2.75) is 38.8 Å². The zero-order chi connectivity index (χ0) is 15.3. The number of carbonyl (C=O) groups is 1. The second-order valence-electron chi connectivity index (χ2n) is 5.39. The molecule has 0 spiro atoms. The molecule has 1 aromatic carbocycles. The number of hydrogen-bond donors (Lipinski definition) is 1. The average molecular weight is 292 g/mol. The number of ether oxygens (including phenoxy) is 3. The molecule has 1 heterocycles. The number of hydrogen-bond acceptors (Lipinski definition) is 5. The third kappa shape index (κ3) is 5.21. The molecule has 0 saturated heterocycles. The van der Waals surface area contributed by atoms with Gasteiger partial charge in [0.1, 0.15) is 5.76 Å². The Hall–Kier alpha value is -1.85. The molecular formula is C16H20O5. The molecule has 0 unspecified atom stereocenters. The van der Waals surface area contributed by atoms with E-state index >= 15 is 0 Å². The summed E-state index contributed by atoms with van der Waals surface area (Å²) >= 11 is 0. The lowest BCUT2D eigenvalue weighted by Gasteiger charge is -2.31. The van der Waals surface area contributed by atoms with Crippen molar-refractivity contribution in [3.63, 3.8) is 0 Å². The maximum Gasteiger partial charge on any atom is 0.337 e. The molecular weight excluding hydrogens is 272 g/mol. The molecule has 1 aromatic rings. The second kappa shape index (κ2) is 6.74. The van der Waals surface area contributed by atoms with Crippen molar-refractivity contribution in [3.05, 3.63) is 47.7 Å². The third-order valence-electron chi connectivity index (χ3n) is 2.86. The van der Waals surface area contributed by atoms with Crippen LogP contribution in [0.2, 0.25) is 0 Å². The smallest absolute Gasteiger partial charge is 0.337 e. The van der Waals surface area contributed by atoms with E-state index in [1.807, 2.05) is 30.3 Å². The Morgan fingerprint density at radius 1 is 1.24 bits per heavy atom. The van der Waals surface area contributed by atoms with Crippen LogP contribution in [0.4, 0.5) is 0 Å². The highest BCUT2D eigenvalue weighted by atomic mass is 16.7. The fourth-order valence-electron chi connectivity index (χ4n) is 2.05. The maximum atomic E-state index is 11.4. The summed E-state index contributed by atoms with van der Waals surface area (Å²) in [5.74, 6) is -1.04. The van der Waals surface area contributed by atoms with E-state index in [1.165, 1.54) is 6.08 Å². The first kappa shape index (κ1) is 15.5. The number of esters is 1. The highest BCUT2D eigenvalue weighted by molar-refractivity contribution is 5.83. The van der Waals surface area contributed by atoms with E-state index in [-0.39, 0.29) is 13.0 Å². The fourth-order valence-corrected chi connectivity index (χ4v) is 2.05. The second-order valence-corrected chi connectivity index (χ2v) is 5.39. The van der Waals surface area contributed by atoms with Gasteiger partial charge in [-0.1, -0.05) is 30.3 Å². The van der Waals surface area contributed by atoms with Gasteiger partial charge in [0.2, 0.25) is 5.79 Å². The molecule has 0 aromatic heterocycles. The summed E-state index contributed by atoms with van der Waals surface area (Å²) in [5, 5.41) is 9.94. The number of rotatable bonds is 6. The highest BCUT2D eigenvalue weighted by Crippen LogP contribution is 2.24. The molecule has 0 amide bonds. The van der Waals surface area contributed by atoms with Gasteiger partial charge in [-0.3, -0.25) is 0 Å². The molecule has 5 heteroatoms. The van der Waals surface area contributed by atoms with Gasteiger partial charge in [-0.2, -0.15) is 0 Å². The number of aliphatic hydroxyl groups is 1. The maximum absolute atomic E-state index is 11.4. The van der Waals surface area contributed by atoms with Crippen LogP contribution in [0, 0.1) is 0 Å². The highest BCUT2D eigenvalue weighted by Gasteiger charge is 2.30. The fraction of sp³-hybridized carbons (Fsp3) is 0.438. The minimum Gasteiger partial charge on any atom is -0.457 e. The van der Waals surface area contributed by atoms with E-state index in [9.17, 15) is 9.90 Å². The summed E-state index contributed by atoms with van der Waals surface area (Å²) in [4.78, 5) is 11.4. The summed E-state index contributed by atoms with van der Waals surface area (Å²) in [5.41, 5.74) is 1.04. The van der Waals surface area contributed by atoms with Crippen LogP contribution >= 0.6 is 0 Å². The van der Waals surface area contributed by atoms with Crippen molar-refractivity contribution in [3.8, 4) is 0 Å². The molecule has 0 bridgehead atoms. The molecule has 1 atom stereocenters. The molecule has 0 fully saturated rings. The van der Waals surface area contributed by atoms with Crippen LogP contribution in [0.25, 0.3) is 0 Å². The predicted octanol–water partition coefficient (Wildman–Crippen LogP) is 2.15. The average Bonchev–Trinajstić information content (AvgIpc) is 2.37. The van der Waals surface area contributed by atoms with Crippen LogP contribution in [0.3, 0.4) is 0 Å². The molecule has 21 heavy (non-hydrogen) atoms. The van der Waals surface area contributed by atoms with Gasteiger partial charge in [0.05, 0.1) is 25.4 Å². The zero-order valence-corrected chi connectivity index (χ0v) is 12.2. The number of cyclic esters (lactones) is 1. The Bertz CT molecular complexity index is 507. The third-order valence-corrected chi connectivity index (χ3v) is 2.86. The summed E-state index contributed by atoms with van der Waals surface area (Å²) in [6.07, 6.45) is 0.737. The van der Waals surface area contributed by atoms with Crippen LogP contribution in [-0.2, 0) is 25.6 Å². The first-order valence-corrected chi connectivity index (χ1v) is 6.87. The van der Waals surface area contributed by atoms with Crippen LogP contribution in [0.1, 0.15) is 25.8 Å². The van der Waals surface area contributed by atoms with E-state index in [4.69, 9.17) is 14.2 Å². The first-order valence-electron chi connectivity index (χ1n) is 6.87. The van der Waals surface area contributed by atoms with Gasteiger partial charge in [-0.05, 0) is 5.56 Å². The lowest BCUT2D eigenvalue weighted by Crippen LogP contribution is -2.35. The largest absolute Gasteiger partial charge is 0.457 e. The monoisotopic (exact) mass is 292 g/mol. The number of aliphatic hydroxyl groups excluding tert-OH is 1. The van der Waals surface area contributed by atoms with Crippen LogP contribution in [0.15, 0.2) is 42.2 Å². The van der Waals surface area contributed by atoms with Gasteiger partial charge in [-0.15, -0.1) is 0 Å². The zero-order valence-electron chi connectivity index (χ0n) is 12.2. The molecule has 1 aliphatic heterocycles. The van der Waals surface area contributed by atoms with Crippen molar-refractivity contribution < 1.29 is 24.1 Å². The number of benzene rings is 1. The molecule has 0 aliphatic carbocycles. The van der Waals surface area contributed by atoms with Crippen molar-refractivity contribution in [2.75, 3.05) is 6.61 Å². The van der Waals surface area contributed by atoms with Gasteiger partial charge < -0.3 is 19.3 Å². The van der Waals surface area contributed by atoms with Gasteiger partial charge >= 0.3 is 5.97 Å². The Kier molecular flexibility index (Phi) is 4.98. The topological polar surface area (TPSA) is 65.0 Å². The van der Waals surface area contributed by atoms with Crippen LogP contribution in [0.5, 0.6) is 0 Å². The minimum absolute atomic E-state index is 0.172.